The average molecular weight is 176 g/mol. The summed E-state index contributed by atoms with van der Waals surface area (Å²) in [7, 11) is 0. The zero-order valence-corrected chi connectivity index (χ0v) is 9.06. The second-order valence-electron chi connectivity index (χ2n) is 3.70. The SMILES string of the molecule is CCCc1cccc(CCC)c1C. The molecule has 0 amide bonds. The highest BCUT2D eigenvalue weighted by Gasteiger charge is 2.01. The van der Waals surface area contributed by atoms with Crippen molar-refractivity contribution in [1.29, 1.82) is 0 Å². The molecule has 0 heterocycles. The molecule has 0 N–H and O–H groups in total. The van der Waals surface area contributed by atoms with Gasteiger partial charge >= 0.3 is 0 Å². The van der Waals surface area contributed by atoms with Crippen LogP contribution in [-0.2, 0) is 12.8 Å². The third-order valence-electron chi connectivity index (χ3n) is 2.60. The van der Waals surface area contributed by atoms with Crippen molar-refractivity contribution < 1.29 is 0 Å². The summed E-state index contributed by atoms with van der Waals surface area (Å²) in [5.41, 5.74) is 4.59. The first-order valence-corrected chi connectivity index (χ1v) is 5.37. The van der Waals surface area contributed by atoms with Gasteiger partial charge in [-0.15, -0.1) is 0 Å². The molecule has 0 aliphatic carbocycles. The van der Waals surface area contributed by atoms with Crippen LogP contribution in [0.1, 0.15) is 43.4 Å². The zero-order valence-electron chi connectivity index (χ0n) is 9.06. The fourth-order valence-electron chi connectivity index (χ4n) is 1.82. The highest BCUT2D eigenvalue weighted by molar-refractivity contribution is 5.34. The summed E-state index contributed by atoms with van der Waals surface area (Å²) >= 11 is 0. The van der Waals surface area contributed by atoms with E-state index >= 15 is 0 Å². The largest absolute Gasteiger partial charge is 0.0651 e. The van der Waals surface area contributed by atoms with E-state index in [1.54, 1.807) is 0 Å². The number of rotatable bonds is 4. The minimum Gasteiger partial charge on any atom is -0.0651 e. The van der Waals surface area contributed by atoms with Gasteiger partial charge in [0.05, 0.1) is 0 Å². The maximum Gasteiger partial charge on any atom is -0.0279 e. The summed E-state index contributed by atoms with van der Waals surface area (Å²) in [5, 5.41) is 0. The minimum absolute atomic E-state index is 1.23. The van der Waals surface area contributed by atoms with E-state index in [9.17, 15) is 0 Å². The Bertz CT molecular complexity index is 236. The van der Waals surface area contributed by atoms with E-state index in [4.69, 9.17) is 0 Å². The van der Waals surface area contributed by atoms with Gasteiger partial charge in [-0.3, -0.25) is 0 Å². The first-order valence-electron chi connectivity index (χ1n) is 5.37. The van der Waals surface area contributed by atoms with E-state index in [1.807, 2.05) is 0 Å². The Balaban J connectivity index is 2.89. The van der Waals surface area contributed by atoms with Gasteiger partial charge in [-0.2, -0.15) is 0 Å². The molecule has 0 radical (unpaired) electrons. The van der Waals surface area contributed by atoms with Crippen LogP contribution in [0.3, 0.4) is 0 Å². The Hall–Kier alpha value is -0.780. The molecule has 0 fully saturated rings. The molecule has 0 heteroatoms. The van der Waals surface area contributed by atoms with Gasteiger partial charge in [-0.25, -0.2) is 0 Å². The molecule has 1 aromatic rings. The molecule has 0 aliphatic heterocycles. The van der Waals surface area contributed by atoms with Gasteiger partial charge in [0, 0.05) is 0 Å². The van der Waals surface area contributed by atoms with Crippen LogP contribution in [0.25, 0.3) is 0 Å². The van der Waals surface area contributed by atoms with Gasteiger partial charge in [-0.1, -0.05) is 44.9 Å². The molecule has 0 unspecified atom stereocenters. The Morgan fingerprint density at radius 1 is 0.923 bits per heavy atom. The minimum atomic E-state index is 1.23. The summed E-state index contributed by atoms with van der Waals surface area (Å²) in [6, 6.07) is 6.72. The number of aryl methyl sites for hydroxylation is 2. The smallest absolute Gasteiger partial charge is 0.0279 e. The summed E-state index contributed by atoms with van der Waals surface area (Å²) in [6.45, 7) is 6.74. The molecule has 0 spiro atoms. The van der Waals surface area contributed by atoms with E-state index in [0.717, 1.165) is 0 Å². The summed E-state index contributed by atoms with van der Waals surface area (Å²) in [5.74, 6) is 0. The molecular weight excluding hydrogens is 156 g/mol. The molecule has 0 aromatic heterocycles. The molecule has 0 nitrogen and oxygen atoms in total. The molecule has 0 saturated carbocycles. The van der Waals surface area contributed by atoms with Crippen molar-refractivity contribution in [2.45, 2.75) is 46.5 Å². The second-order valence-corrected chi connectivity index (χ2v) is 3.70. The van der Waals surface area contributed by atoms with Crippen molar-refractivity contribution in [2.75, 3.05) is 0 Å². The van der Waals surface area contributed by atoms with Gasteiger partial charge in [0.15, 0.2) is 0 Å². The van der Waals surface area contributed by atoms with E-state index < -0.39 is 0 Å². The lowest BCUT2D eigenvalue weighted by atomic mass is 9.97. The van der Waals surface area contributed by atoms with E-state index in [-0.39, 0.29) is 0 Å². The maximum atomic E-state index is 2.26. The van der Waals surface area contributed by atoms with Gasteiger partial charge in [-0.05, 0) is 36.5 Å². The van der Waals surface area contributed by atoms with Crippen LogP contribution in [0.2, 0.25) is 0 Å². The van der Waals surface area contributed by atoms with Crippen LogP contribution in [0.5, 0.6) is 0 Å². The van der Waals surface area contributed by atoms with Crippen molar-refractivity contribution >= 4 is 0 Å². The molecule has 0 atom stereocenters. The van der Waals surface area contributed by atoms with Crippen LogP contribution >= 0.6 is 0 Å². The lowest BCUT2D eigenvalue weighted by Gasteiger charge is -2.09. The highest BCUT2D eigenvalue weighted by Crippen LogP contribution is 2.16. The van der Waals surface area contributed by atoms with Crippen LogP contribution in [0.15, 0.2) is 18.2 Å². The van der Waals surface area contributed by atoms with Crippen molar-refractivity contribution in [1.82, 2.24) is 0 Å². The summed E-state index contributed by atoms with van der Waals surface area (Å²) in [6.07, 6.45) is 4.94. The number of hydrogen-bond acceptors (Lipinski definition) is 0. The van der Waals surface area contributed by atoms with Crippen molar-refractivity contribution in [3.63, 3.8) is 0 Å². The second kappa shape index (κ2) is 5.06. The quantitative estimate of drug-likeness (QED) is 0.652. The molecule has 1 aromatic carbocycles. The van der Waals surface area contributed by atoms with Crippen molar-refractivity contribution in [3.8, 4) is 0 Å². The third kappa shape index (κ3) is 2.58. The van der Waals surface area contributed by atoms with Crippen molar-refractivity contribution in [2.24, 2.45) is 0 Å². The standard InChI is InChI=1S/C13H20/c1-4-7-12-9-6-10-13(8-5-2)11(12)3/h6,9-10H,4-5,7-8H2,1-3H3. The van der Waals surface area contributed by atoms with E-state index in [2.05, 4.69) is 39.0 Å². The fraction of sp³-hybridized carbons (Fsp3) is 0.538. The first-order chi connectivity index (χ1) is 6.29. The molecular formula is C13H20. The number of hydrogen-bond donors (Lipinski definition) is 0. The van der Waals surface area contributed by atoms with E-state index in [1.165, 1.54) is 42.4 Å². The molecule has 72 valence electrons. The Labute approximate surface area is 82.0 Å². The molecule has 0 bridgehead atoms. The van der Waals surface area contributed by atoms with Gasteiger partial charge in [0.1, 0.15) is 0 Å². The van der Waals surface area contributed by atoms with Gasteiger partial charge in [0.25, 0.3) is 0 Å². The monoisotopic (exact) mass is 176 g/mol. The molecule has 0 saturated heterocycles. The fourth-order valence-corrected chi connectivity index (χ4v) is 1.82. The predicted octanol–water partition coefficient (Wildman–Crippen LogP) is 3.90. The van der Waals surface area contributed by atoms with Gasteiger partial charge in [0.2, 0.25) is 0 Å². The zero-order chi connectivity index (χ0) is 9.68. The highest BCUT2D eigenvalue weighted by atomic mass is 14.1. The lowest BCUT2D eigenvalue weighted by molar-refractivity contribution is 0.880. The Morgan fingerprint density at radius 2 is 1.38 bits per heavy atom. The topological polar surface area (TPSA) is 0 Å². The Morgan fingerprint density at radius 3 is 1.77 bits per heavy atom. The number of benzene rings is 1. The van der Waals surface area contributed by atoms with Crippen LogP contribution in [0, 0.1) is 6.92 Å². The maximum absolute atomic E-state index is 2.26. The first kappa shape index (κ1) is 10.3. The predicted molar refractivity (Wildman–Crippen MR) is 59.2 cm³/mol. The lowest BCUT2D eigenvalue weighted by Crippen LogP contribution is -1.94. The molecule has 1 rings (SSSR count). The van der Waals surface area contributed by atoms with Crippen LogP contribution < -0.4 is 0 Å². The third-order valence-corrected chi connectivity index (χ3v) is 2.60. The summed E-state index contributed by atoms with van der Waals surface area (Å²) < 4.78 is 0. The van der Waals surface area contributed by atoms with E-state index in [0.29, 0.717) is 0 Å². The van der Waals surface area contributed by atoms with Crippen molar-refractivity contribution in [3.05, 3.63) is 34.9 Å². The molecule has 13 heavy (non-hydrogen) atoms. The van der Waals surface area contributed by atoms with Gasteiger partial charge < -0.3 is 0 Å². The summed E-state index contributed by atoms with van der Waals surface area (Å²) in [4.78, 5) is 0. The molecule has 0 aliphatic rings. The Kier molecular flexibility index (Phi) is 4.01. The van der Waals surface area contributed by atoms with Crippen LogP contribution in [0.4, 0.5) is 0 Å². The average Bonchev–Trinajstić information content (AvgIpc) is 2.13. The normalized spacial score (nSPS) is 10.4. The van der Waals surface area contributed by atoms with Crippen LogP contribution in [-0.4, -0.2) is 0 Å².